The molecule has 0 amide bonds. The van der Waals surface area contributed by atoms with E-state index in [2.05, 4.69) is 6.92 Å². The first kappa shape index (κ1) is 24.8. The molecule has 0 aromatic heterocycles. The molecule has 0 saturated heterocycles. The molecular weight excluding hydrogens is 428 g/mol. The van der Waals surface area contributed by atoms with Gasteiger partial charge < -0.3 is 4.74 Å². The zero-order chi connectivity index (χ0) is 24.3. The fourth-order valence-electron chi connectivity index (χ4n) is 3.69. The van der Waals surface area contributed by atoms with Crippen LogP contribution in [0.1, 0.15) is 92.4 Å². The van der Waals surface area contributed by atoms with Crippen LogP contribution < -0.4 is 4.74 Å². The Morgan fingerprint density at radius 1 is 0.765 bits per heavy atom. The van der Waals surface area contributed by atoms with Gasteiger partial charge in [-0.1, -0.05) is 75.1 Å². The number of unbranched alkanes of at least 4 members (excludes halogenated alkanes) is 4. The van der Waals surface area contributed by atoms with Gasteiger partial charge in [-0.2, -0.15) is 0 Å². The number of carbonyl (C=O) groups is 4. The first-order valence-electron chi connectivity index (χ1n) is 11.6. The van der Waals surface area contributed by atoms with Gasteiger partial charge in [0, 0.05) is 23.1 Å². The van der Waals surface area contributed by atoms with Crippen LogP contribution in [0.4, 0.5) is 0 Å². The van der Waals surface area contributed by atoms with Crippen molar-refractivity contribution in [3.8, 4) is 5.75 Å². The summed E-state index contributed by atoms with van der Waals surface area (Å²) in [5.41, 5.74) is 1.18. The standard InChI is InChI=1S/C29H28O5/c1-2-3-4-5-9-16-26(31)22-17-18-27(34-29(33)21-12-7-6-8-13-21)25(19-22)28(32)24-15-11-10-14-23(24)20-30/h6-8,10-15,17-20H,2-5,9,16H2,1H3. The quantitative estimate of drug-likeness (QED) is 0.102. The summed E-state index contributed by atoms with van der Waals surface area (Å²) in [6.07, 6.45) is 6.10. The van der Waals surface area contributed by atoms with E-state index in [1.54, 1.807) is 54.6 Å². The van der Waals surface area contributed by atoms with Crippen molar-refractivity contribution >= 4 is 23.8 Å². The first-order valence-corrected chi connectivity index (χ1v) is 11.6. The second-order valence-electron chi connectivity index (χ2n) is 8.09. The van der Waals surface area contributed by atoms with Crippen LogP contribution in [0.3, 0.4) is 0 Å². The van der Waals surface area contributed by atoms with Crippen molar-refractivity contribution in [2.75, 3.05) is 0 Å². The van der Waals surface area contributed by atoms with Crippen LogP contribution in [-0.2, 0) is 0 Å². The van der Waals surface area contributed by atoms with Crippen molar-refractivity contribution in [1.82, 2.24) is 0 Å². The summed E-state index contributed by atoms with van der Waals surface area (Å²) in [6, 6.07) is 19.3. The minimum absolute atomic E-state index is 0.0408. The van der Waals surface area contributed by atoms with Crippen LogP contribution in [0.15, 0.2) is 72.8 Å². The molecule has 0 spiro atoms. The maximum Gasteiger partial charge on any atom is 0.343 e. The summed E-state index contributed by atoms with van der Waals surface area (Å²) < 4.78 is 5.55. The number of esters is 1. The van der Waals surface area contributed by atoms with Crippen molar-refractivity contribution in [3.63, 3.8) is 0 Å². The minimum atomic E-state index is -0.617. The lowest BCUT2D eigenvalue weighted by atomic mass is 9.95. The Hall–Kier alpha value is -3.86. The van der Waals surface area contributed by atoms with Crippen LogP contribution >= 0.6 is 0 Å². The highest BCUT2D eigenvalue weighted by atomic mass is 16.5. The molecule has 0 heterocycles. The van der Waals surface area contributed by atoms with E-state index in [4.69, 9.17) is 4.74 Å². The number of benzene rings is 3. The number of hydrogen-bond acceptors (Lipinski definition) is 5. The van der Waals surface area contributed by atoms with E-state index in [1.807, 2.05) is 0 Å². The van der Waals surface area contributed by atoms with Crippen LogP contribution in [0.2, 0.25) is 0 Å². The molecule has 0 unspecified atom stereocenters. The van der Waals surface area contributed by atoms with Crippen molar-refractivity contribution in [2.45, 2.75) is 45.4 Å². The molecule has 0 bridgehead atoms. The van der Waals surface area contributed by atoms with E-state index < -0.39 is 11.8 Å². The van der Waals surface area contributed by atoms with Crippen molar-refractivity contribution in [1.29, 1.82) is 0 Å². The average Bonchev–Trinajstić information content (AvgIpc) is 2.88. The number of ketones is 2. The Bertz CT molecular complexity index is 1160. The maximum atomic E-state index is 13.4. The third-order valence-electron chi connectivity index (χ3n) is 5.60. The molecule has 174 valence electrons. The summed E-state index contributed by atoms with van der Waals surface area (Å²) in [6.45, 7) is 2.14. The van der Waals surface area contributed by atoms with Crippen molar-refractivity contribution < 1.29 is 23.9 Å². The Balaban J connectivity index is 1.92. The number of hydrogen-bond donors (Lipinski definition) is 0. The third-order valence-corrected chi connectivity index (χ3v) is 5.60. The summed E-state index contributed by atoms with van der Waals surface area (Å²) in [5.74, 6) is -1.14. The Morgan fingerprint density at radius 2 is 1.47 bits per heavy atom. The zero-order valence-corrected chi connectivity index (χ0v) is 19.3. The van der Waals surface area contributed by atoms with E-state index in [0.717, 1.165) is 32.1 Å². The smallest absolute Gasteiger partial charge is 0.343 e. The van der Waals surface area contributed by atoms with E-state index in [0.29, 0.717) is 23.8 Å². The highest BCUT2D eigenvalue weighted by Crippen LogP contribution is 2.26. The molecule has 3 aromatic carbocycles. The van der Waals surface area contributed by atoms with Gasteiger partial charge in [0.05, 0.1) is 11.1 Å². The predicted octanol–water partition coefficient (Wildman–Crippen LogP) is 6.49. The van der Waals surface area contributed by atoms with E-state index >= 15 is 0 Å². The lowest BCUT2D eigenvalue weighted by Crippen LogP contribution is -2.14. The molecular formula is C29H28O5. The first-order chi connectivity index (χ1) is 16.5. The highest BCUT2D eigenvalue weighted by molar-refractivity contribution is 6.15. The molecule has 0 aliphatic rings. The van der Waals surface area contributed by atoms with Crippen LogP contribution in [0.25, 0.3) is 0 Å². The molecule has 0 radical (unpaired) electrons. The number of aldehydes is 1. The van der Waals surface area contributed by atoms with Gasteiger partial charge in [0.25, 0.3) is 0 Å². The molecule has 0 atom stereocenters. The molecule has 5 heteroatoms. The Labute approximate surface area is 199 Å². The van der Waals surface area contributed by atoms with Crippen molar-refractivity contribution in [2.24, 2.45) is 0 Å². The Morgan fingerprint density at radius 3 is 2.21 bits per heavy atom. The van der Waals surface area contributed by atoms with Gasteiger partial charge >= 0.3 is 5.97 Å². The topological polar surface area (TPSA) is 77.5 Å². The number of rotatable bonds is 12. The molecule has 3 aromatic rings. The van der Waals surface area contributed by atoms with Gasteiger partial charge in [-0.3, -0.25) is 14.4 Å². The van der Waals surface area contributed by atoms with Gasteiger partial charge in [-0.25, -0.2) is 4.79 Å². The van der Waals surface area contributed by atoms with Crippen LogP contribution in [-0.4, -0.2) is 23.8 Å². The summed E-state index contributed by atoms with van der Waals surface area (Å²) >= 11 is 0. The second-order valence-corrected chi connectivity index (χ2v) is 8.09. The minimum Gasteiger partial charge on any atom is -0.422 e. The third kappa shape index (κ3) is 6.35. The lowest BCUT2D eigenvalue weighted by Gasteiger charge is -2.12. The fourth-order valence-corrected chi connectivity index (χ4v) is 3.69. The maximum absolute atomic E-state index is 13.4. The summed E-state index contributed by atoms with van der Waals surface area (Å²) in [4.78, 5) is 50.3. The lowest BCUT2D eigenvalue weighted by molar-refractivity contribution is 0.0732. The zero-order valence-electron chi connectivity index (χ0n) is 19.3. The van der Waals surface area contributed by atoms with E-state index in [1.165, 1.54) is 18.2 Å². The largest absolute Gasteiger partial charge is 0.422 e. The van der Waals surface area contributed by atoms with Gasteiger partial charge in [0.2, 0.25) is 0 Å². The van der Waals surface area contributed by atoms with Gasteiger partial charge in [0.15, 0.2) is 17.9 Å². The van der Waals surface area contributed by atoms with Crippen LogP contribution in [0.5, 0.6) is 5.75 Å². The Kier molecular flexibility index (Phi) is 9.04. The highest BCUT2D eigenvalue weighted by Gasteiger charge is 2.22. The number of ether oxygens (including phenoxy) is 1. The van der Waals surface area contributed by atoms with Crippen molar-refractivity contribution in [3.05, 3.63) is 101 Å². The fraction of sp³-hybridized carbons (Fsp3) is 0.241. The second kappa shape index (κ2) is 12.4. The van der Waals surface area contributed by atoms with Gasteiger partial charge in [0.1, 0.15) is 5.75 Å². The predicted molar refractivity (Wildman–Crippen MR) is 131 cm³/mol. The summed E-state index contributed by atoms with van der Waals surface area (Å²) in [5, 5.41) is 0. The molecule has 0 fully saturated rings. The molecule has 5 nitrogen and oxygen atoms in total. The monoisotopic (exact) mass is 456 g/mol. The molecule has 0 aliphatic carbocycles. The number of Topliss-reactive ketones (excluding diaryl/α,β-unsaturated/α-hetero) is 1. The SMILES string of the molecule is CCCCCCCC(=O)c1ccc(OC(=O)c2ccccc2)c(C(=O)c2ccccc2C=O)c1. The van der Waals surface area contributed by atoms with Gasteiger partial charge in [-0.05, 0) is 36.8 Å². The normalized spacial score (nSPS) is 10.5. The molecule has 34 heavy (non-hydrogen) atoms. The molecule has 0 aliphatic heterocycles. The summed E-state index contributed by atoms with van der Waals surface area (Å²) in [7, 11) is 0. The molecule has 0 saturated carbocycles. The van der Waals surface area contributed by atoms with E-state index in [-0.39, 0.29) is 28.2 Å². The van der Waals surface area contributed by atoms with E-state index in [9.17, 15) is 19.2 Å². The number of carbonyl (C=O) groups excluding carboxylic acids is 4. The van der Waals surface area contributed by atoms with Crippen LogP contribution in [0, 0.1) is 0 Å². The van der Waals surface area contributed by atoms with Gasteiger partial charge in [-0.15, -0.1) is 0 Å². The molecule has 0 N–H and O–H groups in total. The average molecular weight is 457 g/mol. The molecule has 3 rings (SSSR count).